The number of hydrogen-bond donors (Lipinski definition) is 3. The zero-order valence-corrected chi connectivity index (χ0v) is 9.96. The van der Waals surface area contributed by atoms with Crippen LogP contribution < -0.4 is 22.7 Å². The molecule has 1 aromatic heterocycles. The van der Waals surface area contributed by atoms with Gasteiger partial charge in [-0.15, -0.1) is 0 Å². The Labute approximate surface area is 103 Å². The number of hydrogen-bond acceptors (Lipinski definition) is 5. The first-order valence-corrected chi connectivity index (χ1v) is 5.56. The Morgan fingerprint density at radius 2 is 1.89 bits per heavy atom. The fourth-order valence-corrected chi connectivity index (χ4v) is 1.49. The zero-order valence-electron chi connectivity index (χ0n) is 9.96. The summed E-state index contributed by atoms with van der Waals surface area (Å²) < 4.78 is 1.13. The van der Waals surface area contributed by atoms with Gasteiger partial charge < -0.3 is 16.4 Å². The van der Waals surface area contributed by atoms with Crippen molar-refractivity contribution in [2.75, 3.05) is 26.2 Å². The van der Waals surface area contributed by atoms with Crippen LogP contribution in [-0.4, -0.2) is 46.5 Å². The van der Waals surface area contributed by atoms with Crippen LogP contribution in [0.2, 0.25) is 0 Å². The number of amides is 1. The number of nitrogens with one attached hydrogen (secondary N) is 1. The van der Waals surface area contributed by atoms with E-state index in [9.17, 15) is 14.4 Å². The van der Waals surface area contributed by atoms with Crippen molar-refractivity contribution in [2.24, 2.45) is 11.5 Å². The molecule has 0 fully saturated rings. The van der Waals surface area contributed by atoms with Gasteiger partial charge in [-0.1, -0.05) is 0 Å². The van der Waals surface area contributed by atoms with Crippen LogP contribution in [0.4, 0.5) is 0 Å². The summed E-state index contributed by atoms with van der Waals surface area (Å²) in [5.74, 6) is -0.264. The van der Waals surface area contributed by atoms with Gasteiger partial charge in [-0.25, -0.2) is 4.79 Å². The second kappa shape index (κ2) is 6.72. The van der Waals surface area contributed by atoms with Crippen LogP contribution in [0.15, 0.2) is 21.9 Å². The first kappa shape index (κ1) is 14.1. The molecule has 1 aromatic rings. The molecule has 0 aliphatic heterocycles. The third-order valence-electron chi connectivity index (χ3n) is 2.35. The van der Waals surface area contributed by atoms with E-state index in [-0.39, 0.29) is 12.5 Å². The van der Waals surface area contributed by atoms with Crippen LogP contribution in [0.5, 0.6) is 0 Å². The lowest BCUT2D eigenvalue weighted by atomic mass is 10.4. The van der Waals surface area contributed by atoms with Gasteiger partial charge in [0.25, 0.3) is 5.56 Å². The molecular weight excluding hydrogens is 238 g/mol. The Bertz CT molecular complexity index is 501. The second-order valence-electron chi connectivity index (χ2n) is 3.70. The quantitative estimate of drug-likeness (QED) is 0.509. The van der Waals surface area contributed by atoms with Crippen molar-refractivity contribution >= 4 is 5.91 Å². The van der Waals surface area contributed by atoms with E-state index in [1.807, 2.05) is 0 Å². The van der Waals surface area contributed by atoms with Crippen molar-refractivity contribution in [1.82, 2.24) is 14.5 Å². The molecule has 8 nitrogen and oxygen atoms in total. The average molecular weight is 255 g/mol. The number of nitrogens with two attached hydrogens (primary N) is 2. The van der Waals surface area contributed by atoms with Crippen LogP contribution in [0.3, 0.4) is 0 Å². The van der Waals surface area contributed by atoms with Gasteiger partial charge in [-0.3, -0.25) is 19.1 Å². The van der Waals surface area contributed by atoms with Crippen molar-refractivity contribution in [3.63, 3.8) is 0 Å². The maximum Gasteiger partial charge on any atom is 0.328 e. The molecule has 0 aliphatic rings. The molecule has 0 spiro atoms. The van der Waals surface area contributed by atoms with Crippen molar-refractivity contribution in [1.29, 1.82) is 0 Å². The molecule has 0 atom stereocenters. The number of carbonyl (C=O) groups excluding carboxylic acids is 1. The van der Waals surface area contributed by atoms with Crippen LogP contribution in [0.25, 0.3) is 0 Å². The summed E-state index contributed by atoms with van der Waals surface area (Å²) in [4.78, 5) is 37.7. The fourth-order valence-electron chi connectivity index (χ4n) is 1.49. The predicted molar refractivity (Wildman–Crippen MR) is 66.0 cm³/mol. The third kappa shape index (κ3) is 3.82. The number of carbonyl (C=O) groups is 1. The predicted octanol–water partition coefficient (Wildman–Crippen LogP) is -2.72. The first-order valence-electron chi connectivity index (χ1n) is 5.56. The minimum Gasteiger partial charge on any atom is -0.339 e. The lowest BCUT2D eigenvalue weighted by Crippen LogP contribution is -2.42. The SMILES string of the molecule is NCCN(CCN)C(=O)Cn1ccc(=O)[nH]c1=O. The summed E-state index contributed by atoms with van der Waals surface area (Å²) in [6.07, 6.45) is 1.28. The second-order valence-corrected chi connectivity index (χ2v) is 3.70. The molecule has 5 N–H and O–H groups in total. The van der Waals surface area contributed by atoms with Crippen molar-refractivity contribution in [3.8, 4) is 0 Å². The Kier molecular flexibility index (Phi) is 5.28. The van der Waals surface area contributed by atoms with E-state index < -0.39 is 11.2 Å². The largest absolute Gasteiger partial charge is 0.339 e. The van der Waals surface area contributed by atoms with E-state index in [2.05, 4.69) is 4.98 Å². The highest BCUT2D eigenvalue weighted by Crippen LogP contribution is 1.91. The van der Waals surface area contributed by atoms with E-state index in [0.29, 0.717) is 26.2 Å². The highest BCUT2D eigenvalue weighted by molar-refractivity contribution is 5.76. The standard InChI is InChI=1S/C10H17N5O3/c11-2-5-14(6-3-12)9(17)7-15-4-1-8(16)13-10(15)18/h1,4H,2-3,5-7,11-12H2,(H,13,16,18). The number of aromatic nitrogens is 2. The number of nitrogens with zero attached hydrogens (tertiary/aromatic N) is 2. The molecule has 1 rings (SSSR count). The lowest BCUT2D eigenvalue weighted by Gasteiger charge is -2.21. The Morgan fingerprint density at radius 3 is 2.39 bits per heavy atom. The Morgan fingerprint density at radius 1 is 1.28 bits per heavy atom. The molecule has 0 saturated heterocycles. The molecule has 1 amide bonds. The molecular formula is C10H17N5O3. The topological polar surface area (TPSA) is 127 Å². The van der Waals surface area contributed by atoms with Gasteiger partial charge in [0.1, 0.15) is 6.54 Å². The van der Waals surface area contributed by atoms with Gasteiger partial charge in [0, 0.05) is 38.4 Å². The first-order chi connectivity index (χ1) is 8.58. The molecule has 100 valence electrons. The third-order valence-corrected chi connectivity index (χ3v) is 2.35. The van der Waals surface area contributed by atoms with E-state index in [4.69, 9.17) is 11.5 Å². The number of rotatable bonds is 6. The molecule has 1 heterocycles. The molecule has 0 aliphatic carbocycles. The smallest absolute Gasteiger partial charge is 0.328 e. The molecule has 8 heteroatoms. The van der Waals surface area contributed by atoms with Gasteiger partial charge in [-0.2, -0.15) is 0 Å². The monoisotopic (exact) mass is 255 g/mol. The minimum absolute atomic E-state index is 0.143. The van der Waals surface area contributed by atoms with Crippen molar-refractivity contribution < 1.29 is 4.79 Å². The molecule has 0 unspecified atom stereocenters. The zero-order chi connectivity index (χ0) is 13.5. The van der Waals surface area contributed by atoms with Crippen LogP contribution in [0.1, 0.15) is 0 Å². The fraction of sp³-hybridized carbons (Fsp3) is 0.500. The summed E-state index contributed by atoms with van der Waals surface area (Å²) >= 11 is 0. The van der Waals surface area contributed by atoms with E-state index in [1.54, 1.807) is 0 Å². The van der Waals surface area contributed by atoms with Crippen molar-refractivity contribution in [3.05, 3.63) is 33.1 Å². The summed E-state index contributed by atoms with van der Waals surface area (Å²) in [5, 5.41) is 0. The lowest BCUT2D eigenvalue weighted by molar-refractivity contribution is -0.131. The number of aromatic amines is 1. The minimum atomic E-state index is -0.615. The van der Waals surface area contributed by atoms with Crippen LogP contribution >= 0.6 is 0 Å². The molecule has 0 bridgehead atoms. The summed E-state index contributed by atoms with van der Waals surface area (Å²) in [5.41, 5.74) is 9.67. The molecule has 0 aromatic carbocycles. The maximum absolute atomic E-state index is 11.9. The van der Waals surface area contributed by atoms with Crippen LogP contribution in [0, 0.1) is 0 Å². The molecule has 0 radical (unpaired) electrons. The normalized spacial score (nSPS) is 10.3. The Hall–Kier alpha value is -1.93. The summed E-state index contributed by atoms with van der Waals surface area (Å²) in [6.45, 7) is 1.27. The molecule has 18 heavy (non-hydrogen) atoms. The molecule has 0 saturated carbocycles. The van der Waals surface area contributed by atoms with Gasteiger partial charge in [0.15, 0.2) is 0 Å². The summed E-state index contributed by atoms with van der Waals surface area (Å²) in [7, 11) is 0. The van der Waals surface area contributed by atoms with E-state index in [0.717, 1.165) is 4.57 Å². The number of H-pyrrole nitrogens is 1. The van der Waals surface area contributed by atoms with Gasteiger partial charge in [-0.05, 0) is 0 Å². The average Bonchev–Trinajstić information content (AvgIpc) is 2.32. The van der Waals surface area contributed by atoms with Gasteiger partial charge >= 0.3 is 5.69 Å². The highest BCUT2D eigenvalue weighted by atomic mass is 16.2. The maximum atomic E-state index is 11.9. The van der Waals surface area contributed by atoms with Gasteiger partial charge in [0.05, 0.1) is 0 Å². The Balaban J connectivity index is 2.78. The van der Waals surface area contributed by atoms with Crippen LogP contribution in [-0.2, 0) is 11.3 Å². The van der Waals surface area contributed by atoms with E-state index >= 15 is 0 Å². The summed E-state index contributed by atoms with van der Waals surface area (Å²) in [6, 6.07) is 1.19. The van der Waals surface area contributed by atoms with E-state index in [1.165, 1.54) is 17.2 Å². The highest BCUT2D eigenvalue weighted by Gasteiger charge is 2.13. The van der Waals surface area contributed by atoms with Gasteiger partial charge in [0.2, 0.25) is 5.91 Å². The van der Waals surface area contributed by atoms with Crippen molar-refractivity contribution in [2.45, 2.75) is 6.54 Å².